The third kappa shape index (κ3) is 1.62. The van der Waals surface area contributed by atoms with E-state index in [2.05, 4.69) is 18.8 Å². The predicted molar refractivity (Wildman–Crippen MR) is 67.5 cm³/mol. The maximum atomic E-state index is 12.0. The molecule has 2 aromatic rings. The van der Waals surface area contributed by atoms with Crippen molar-refractivity contribution in [3.63, 3.8) is 0 Å². The normalized spacial score (nSPS) is 17.5. The minimum Gasteiger partial charge on any atom is -0.492 e. The average molecular weight is 229 g/mol. The quantitative estimate of drug-likeness (QED) is 0.754. The third-order valence-corrected chi connectivity index (χ3v) is 3.23. The molecule has 0 saturated carbocycles. The summed E-state index contributed by atoms with van der Waals surface area (Å²) in [6.45, 7) is 4.89. The summed E-state index contributed by atoms with van der Waals surface area (Å²) in [6.07, 6.45) is 0.766. The van der Waals surface area contributed by atoms with E-state index in [1.54, 1.807) is 0 Å². The third-order valence-electron chi connectivity index (χ3n) is 3.23. The molecule has 17 heavy (non-hydrogen) atoms. The van der Waals surface area contributed by atoms with Crippen molar-refractivity contribution in [1.29, 1.82) is 0 Å². The summed E-state index contributed by atoms with van der Waals surface area (Å²) in [5.74, 6) is 0.767. The molecule has 2 heterocycles. The fourth-order valence-corrected chi connectivity index (χ4v) is 2.38. The van der Waals surface area contributed by atoms with Gasteiger partial charge in [0, 0.05) is 10.8 Å². The Morgan fingerprint density at radius 2 is 2.06 bits per heavy atom. The summed E-state index contributed by atoms with van der Waals surface area (Å²) in [5.41, 5.74) is 1.63. The number of hydrogen-bond acceptors (Lipinski definition) is 2. The number of ether oxygens (including phenoxy) is 1. The lowest BCUT2D eigenvalue weighted by Gasteiger charge is -2.31. The van der Waals surface area contributed by atoms with Crippen molar-refractivity contribution in [3.8, 4) is 5.75 Å². The molecular weight excluding hydrogens is 214 g/mol. The number of rotatable bonds is 0. The van der Waals surface area contributed by atoms with E-state index in [4.69, 9.17) is 4.74 Å². The Bertz CT molecular complexity index is 640. The molecule has 0 atom stereocenters. The monoisotopic (exact) mass is 229 g/mol. The van der Waals surface area contributed by atoms with Crippen molar-refractivity contribution in [2.45, 2.75) is 20.3 Å². The number of pyridine rings is 1. The largest absolute Gasteiger partial charge is 0.492 e. The minimum absolute atomic E-state index is 0.0218. The zero-order valence-corrected chi connectivity index (χ0v) is 10.0. The summed E-state index contributed by atoms with van der Waals surface area (Å²) in [5, 5.41) is 0.998. The summed E-state index contributed by atoms with van der Waals surface area (Å²) in [4.78, 5) is 15.0. The van der Waals surface area contributed by atoms with Gasteiger partial charge in [0.15, 0.2) is 0 Å². The van der Waals surface area contributed by atoms with Crippen molar-refractivity contribution >= 4 is 10.9 Å². The lowest BCUT2D eigenvalue weighted by atomic mass is 9.84. The van der Waals surface area contributed by atoms with E-state index < -0.39 is 0 Å². The zero-order valence-electron chi connectivity index (χ0n) is 10.0. The van der Waals surface area contributed by atoms with Crippen molar-refractivity contribution < 1.29 is 4.74 Å². The maximum absolute atomic E-state index is 12.0. The molecule has 1 aromatic carbocycles. The Labute approximate surface area is 99.4 Å². The van der Waals surface area contributed by atoms with Gasteiger partial charge < -0.3 is 9.72 Å². The first-order valence-electron chi connectivity index (χ1n) is 5.83. The SMILES string of the molecule is CC1(C)COc2c(c(=O)[nH]c3ccccc23)C1. The molecule has 0 radical (unpaired) electrons. The van der Waals surface area contributed by atoms with E-state index in [9.17, 15) is 4.79 Å². The van der Waals surface area contributed by atoms with Crippen molar-refractivity contribution in [2.75, 3.05) is 6.61 Å². The number of nitrogens with one attached hydrogen (secondary N) is 1. The Balaban J connectivity index is 2.33. The number of aromatic amines is 1. The van der Waals surface area contributed by atoms with Gasteiger partial charge in [0.25, 0.3) is 5.56 Å². The number of hydrogen-bond donors (Lipinski definition) is 1. The molecule has 0 spiro atoms. The van der Waals surface area contributed by atoms with Gasteiger partial charge in [-0.1, -0.05) is 26.0 Å². The second-order valence-corrected chi connectivity index (χ2v) is 5.44. The molecule has 1 aliphatic rings. The fourth-order valence-electron chi connectivity index (χ4n) is 2.38. The van der Waals surface area contributed by atoms with Gasteiger partial charge in [0.05, 0.1) is 17.7 Å². The van der Waals surface area contributed by atoms with Crippen molar-refractivity contribution in [1.82, 2.24) is 4.98 Å². The highest BCUT2D eigenvalue weighted by Crippen LogP contribution is 2.35. The van der Waals surface area contributed by atoms with E-state index in [1.165, 1.54) is 0 Å². The molecule has 1 N–H and O–H groups in total. The lowest BCUT2D eigenvalue weighted by molar-refractivity contribution is 0.156. The predicted octanol–water partition coefficient (Wildman–Crippen LogP) is 2.49. The highest BCUT2D eigenvalue weighted by molar-refractivity contribution is 5.86. The van der Waals surface area contributed by atoms with E-state index in [1.807, 2.05) is 24.3 Å². The van der Waals surface area contributed by atoms with Gasteiger partial charge in [-0.2, -0.15) is 0 Å². The molecule has 3 nitrogen and oxygen atoms in total. The van der Waals surface area contributed by atoms with E-state index in [-0.39, 0.29) is 11.0 Å². The van der Waals surface area contributed by atoms with Crippen LogP contribution in [-0.2, 0) is 6.42 Å². The highest BCUT2D eigenvalue weighted by atomic mass is 16.5. The number of aromatic nitrogens is 1. The second kappa shape index (κ2) is 3.36. The number of para-hydroxylation sites is 1. The van der Waals surface area contributed by atoms with Crippen LogP contribution in [0.25, 0.3) is 10.9 Å². The molecule has 0 unspecified atom stereocenters. The van der Waals surface area contributed by atoms with Crippen LogP contribution in [0.4, 0.5) is 0 Å². The Hall–Kier alpha value is -1.77. The molecular formula is C14H15NO2. The molecule has 3 heteroatoms. The van der Waals surface area contributed by atoms with Crippen LogP contribution in [0.1, 0.15) is 19.4 Å². The minimum atomic E-state index is -0.0218. The van der Waals surface area contributed by atoms with Crippen LogP contribution in [0, 0.1) is 5.41 Å². The average Bonchev–Trinajstić information content (AvgIpc) is 2.28. The van der Waals surface area contributed by atoms with Gasteiger partial charge in [-0.05, 0) is 18.6 Å². The summed E-state index contributed by atoms with van der Waals surface area (Å²) >= 11 is 0. The van der Waals surface area contributed by atoms with E-state index in [0.717, 1.165) is 28.6 Å². The van der Waals surface area contributed by atoms with Crippen LogP contribution in [0.15, 0.2) is 29.1 Å². The van der Waals surface area contributed by atoms with Gasteiger partial charge in [0.2, 0.25) is 0 Å². The van der Waals surface area contributed by atoms with Gasteiger partial charge in [-0.15, -0.1) is 0 Å². The van der Waals surface area contributed by atoms with Gasteiger partial charge >= 0.3 is 0 Å². The van der Waals surface area contributed by atoms with Crippen LogP contribution < -0.4 is 10.3 Å². The Morgan fingerprint density at radius 1 is 1.29 bits per heavy atom. The highest BCUT2D eigenvalue weighted by Gasteiger charge is 2.29. The Morgan fingerprint density at radius 3 is 2.88 bits per heavy atom. The molecule has 3 rings (SSSR count). The molecule has 1 aliphatic heterocycles. The van der Waals surface area contributed by atoms with Gasteiger partial charge in [-0.3, -0.25) is 4.79 Å². The first-order valence-corrected chi connectivity index (χ1v) is 5.83. The summed E-state index contributed by atoms with van der Waals surface area (Å²) in [7, 11) is 0. The molecule has 0 bridgehead atoms. The van der Waals surface area contributed by atoms with E-state index >= 15 is 0 Å². The van der Waals surface area contributed by atoms with Crippen LogP contribution in [0.3, 0.4) is 0 Å². The van der Waals surface area contributed by atoms with Crippen LogP contribution in [-0.4, -0.2) is 11.6 Å². The van der Waals surface area contributed by atoms with E-state index in [0.29, 0.717) is 6.61 Å². The number of fused-ring (bicyclic) bond motifs is 3. The molecule has 0 fully saturated rings. The Kier molecular flexibility index (Phi) is 2.05. The molecule has 0 saturated heterocycles. The number of benzene rings is 1. The first-order chi connectivity index (χ1) is 8.07. The van der Waals surface area contributed by atoms with Gasteiger partial charge in [0.1, 0.15) is 5.75 Å². The standard InChI is InChI=1S/C14H15NO2/c1-14(2)7-10-12(17-8-14)9-5-3-4-6-11(9)15-13(10)16/h3-6H,7-8H2,1-2H3,(H,15,16). The lowest BCUT2D eigenvalue weighted by Crippen LogP contribution is -2.33. The van der Waals surface area contributed by atoms with Crippen molar-refractivity contribution in [3.05, 3.63) is 40.2 Å². The summed E-state index contributed by atoms with van der Waals surface area (Å²) in [6, 6.07) is 7.77. The zero-order chi connectivity index (χ0) is 12.0. The van der Waals surface area contributed by atoms with Crippen LogP contribution in [0.5, 0.6) is 5.75 Å². The van der Waals surface area contributed by atoms with Crippen LogP contribution in [0.2, 0.25) is 0 Å². The molecule has 0 amide bonds. The summed E-state index contributed by atoms with van der Waals surface area (Å²) < 4.78 is 5.81. The molecule has 88 valence electrons. The maximum Gasteiger partial charge on any atom is 0.255 e. The first kappa shape index (κ1) is 10.4. The fraction of sp³-hybridized carbons (Fsp3) is 0.357. The second-order valence-electron chi connectivity index (χ2n) is 5.44. The molecule has 0 aliphatic carbocycles. The molecule has 1 aromatic heterocycles. The topological polar surface area (TPSA) is 42.1 Å². The van der Waals surface area contributed by atoms with Crippen LogP contribution >= 0.6 is 0 Å². The number of H-pyrrole nitrogens is 1. The van der Waals surface area contributed by atoms with Crippen molar-refractivity contribution in [2.24, 2.45) is 5.41 Å². The smallest absolute Gasteiger partial charge is 0.255 e. The van der Waals surface area contributed by atoms with Gasteiger partial charge in [-0.25, -0.2) is 0 Å².